The number of nitrogens with one attached hydrogen (secondary N) is 1. The average molecular weight is 447 g/mol. The van der Waals surface area contributed by atoms with Gasteiger partial charge in [0.05, 0.1) is 36.1 Å². The van der Waals surface area contributed by atoms with Crippen molar-refractivity contribution in [1.29, 1.82) is 0 Å². The Labute approximate surface area is 183 Å². The number of ether oxygens (including phenoxy) is 1. The Morgan fingerprint density at radius 2 is 2.13 bits per heavy atom. The largest absolute Gasteiger partial charge is 0.377 e. The maximum atomic E-state index is 12.9. The molecule has 1 unspecified atom stereocenters. The van der Waals surface area contributed by atoms with Crippen LogP contribution in [0.15, 0.2) is 49.2 Å². The fourth-order valence-electron chi connectivity index (χ4n) is 3.22. The summed E-state index contributed by atoms with van der Waals surface area (Å²) in [6.45, 7) is 2.22. The Morgan fingerprint density at radius 3 is 2.93 bits per heavy atom. The van der Waals surface area contributed by atoms with Crippen LogP contribution in [-0.2, 0) is 22.6 Å². The van der Waals surface area contributed by atoms with E-state index < -0.39 is 6.04 Å². The summed E-state index contributed by atoms with van der Waals surface area (Å²) >= 11 is 12.0. The van der Waals surface area contributed by atoms with Gasteiger partial charge in [-0.3, -0.25) is 4.79 Å². The van der Waals surface area contributed by atoms with E-state index in [9.17, 15) is 4.79 Å². The highest BCUT2D eigenvalue weighted by Crippen LogP contribution is 2.23. The van der Waals surface area contributed by atoms with Crippen LogP contribution in [0.25, 0.3) is 0 Å². The molecule has 1 atom stereocenters. The first-order valence-electron chi connectivity index (χ1n) is 9.44. The van der Waals surface area contributed by atoms with Crippen molar-refractivity contribution < 1.29 is 9.53 Å². The number of rotatable bonds is 6. The normalized spacial score (nSPS) is 16.5. The second-order valence-electron chi connectivity index (χ2n) is 6.82. The summed E-state index contributed by atoms with van der Waals surface area (Å²) in [5.41, 5.74) is 0.866. The summed E-state index contributed by atoms with van der Waals surface area (Å²) in [6.07, 6.45) is 6.98. The monoisotopic (exact) mass is 446 g/mol. The van der Waals surface area contributed by atoms with Crippen LogP contribution in [0.3, 0.4) is 0 Å². The minimum Gasteiger partial charge on any atom is -0.377 e. The molecule has 0 aliphatic carbocycles. The fourth-order valence-corrected chi connectivity index (χ4v) is 3.54. The second kappa shape index (κ2) is 9.42. The number of nitrogens with zero attached hydrogens (tertiary/aromatic N) is 5. The van der Waals surface area contributed by atoms with E-state index in [4.69, 9.17) is 27.9 Å². The number of anilines is 1. The van der Waals surface area contributed by atoms with E-state index >= 15 is 0 Å². The minimum atomic E-state index is -0.488. The third-order valence-corrected chi connectivity index (χ3v) is 5.49. The van der Waals surface area contributed by atoms with E-state index in [-0.39, 0.29) is 12.5 Å². The van der Waals surface area contributed by atoms with Crippen LogP contribution < -0.4 is 10.2 Å². The van der Waals surface area contributed by atoms with Crippen molar-refractivity contribution in [3.05, 3.63) is 70.6 Å². The first kappa shape index (κ1) is 20.6. The summed E-state index contributed by atoms with van der Waals surface area (Å²) < 4.78 is 7.45. The zero-order chi connectivity index (χ0) is 20.9. The molecule has 3 heterocycles. The van der Waals surface area contributed by atoms with Crippen LogP contribution >= 0.6 is 23.2 Å². The maximum Gasteiger partial charge on any atom is 0.245 e. The van der Waals surface area contributed by atoms with Gasteiger partial charge in [-0.2, -0.15) is 0 Å². The van der Waals surface area contributed by atoms with Gasteiger partial charge < -0.3 is 19.5 Å². The number of aromatic nitrogens is 4. The number of carbonyl (C=O) groups is 1. The summed E-state index contributed by atoms with van der Waals surface area (Å²) in [5, 5.41) is 3.88. The van der Waals surface area contributed by atoms with Crippen LogP contribution in [0, 0.1) is 0 Å². The number of benzene rings is 1. The topological polar surface area (TPSA) is 85.2 Å². The van der Waals surface area contributed by atoms with Gasteiger partial charge in [0.15, 0.2) is 0 Å². The van der Waals surface area contributed by atoms with E-state index in [0.29, 0.717) is 47.9 Å². The number of amides is 1. The number of hydrogen-bond acceptors (Lipinski definition) is 6. The van der Waals surface area contributed by atoms with Crippen molar-refractivity contribution in [2.45, 2.75) is 19.1 Å². The zero-order valence-corrected chi connectivity index (χ0v) is 17.6. The molecule has 1 aliphatic heterocycles. The van der Waals surface area contributed by atoms with Crippen LogP contribution in [0.2, 0.25) is 10.0 Å². The molecule has 0 bridgehead atoms. The van der Waals surface area contributed by atoms with Gasteiger partial charge in [-0.15, -0.1) is 0 Å². The molecule has 30 heavy (non-hydrogen) atoms. The van der Waals surface area contributed by atoms with Gasteiger partial charge >= 0.3 is 0 Å². The first-order valence-corrected chi connectivity index (χ1v) is 10.2. The molecule has 1 N–H and O–H groups in total. The summed E-state index contributed by atoms with van der Waals surface area (Å²) in [6, 6.07) is 6.60. The van der Waals surface area contributed by atoms with Crippen molar-refractivity contribution >= 4 is 34.9 Å². The lowest BCUT2D eigenvalue weighted by molar-refractivity contribution is -0.124. The maximum absolute atomic E-state index is 12.9. The van der Waals surface area contributed by atoms with Gasteiger partial charge in [0.25, 0.3) is 0 Å². The summed E-state index contributed by atoms with van der Waals surface area (Å²) in [7, 11) is 0. The SMILES string of the molecule is O=C(NCc1ccc(Cl)c(Cl)c1)C1COCCN1c1ccnc(Cn2ccnc2)n1. The number of carbonyl (C=O) groups excluding carboxylic acids is 1. The first-order chi connectivity index (χ1) is 14.6. The van der Waals surface area contributed by atoms with Crippen molar-refractivity contribution in [1.82, 2.24) is 24.8 Å². The highest BCUT2D eigenvalue weighted by Gasteiger charge is 2.30. The van der Waals surface area contributed by atoms with Crippen LogP contribution in [-0.4, -0.2) is 51.2 Å². The van der Waals surface area contributed by atoms with E-state index in [1.807, 2.05) is 27.8 Å². The number of hydrogen-bond donors (Lipinski definition) is 1. The van der Waals surface area contributed by atoms with Gasteiger partial charge in [-0.05, 0) is 23.8 Å². The Hall–Kier alpha value is -2.68. The molecule has 3 aromatic rings. The van der Waals surface area contributed by atoms with E-state index in [1.54, 1.807) is 30.9 Å². The average Bonchev–Trinajstić information content (AvgIpc) is 3.27. The van der Waals surface area contributed by atoms with Crippen molar-refractivity contribution in [3.63, 3.8) is 0 Å². The Morgan fingerprint density at radius 1 is 1.23 bits per heavy atom. The minimum absolute atomic E-state index is 0.143. The van der Waals surface area contributed by atoms with E-state index in [2.05, 4.69) is 20.3 Å². The van der Waals surface area contributed by atoms with Gasteiger partial charge in [0.2, 0.25) is 5.91 Å². The van der Waals surface area contributed by atoms with E-state index in [1.165, 1.54) is 0 Å². The van der Waals surface area contributed by atoms with Crippen LogP contribution in [0.4, 0.5) is 5.82 Å². The molecule has 1 aromatic carbocycles. The van der Waals surface area contributed by atoms with Gasteiger partial charge in [0, 0.05) is 31.7 Å². The Balaban J connectivity index is 1.45. The lowest BCUT2D eigenvalue weighted by Crippen LogP contribution is -2.54. The van der Waals surface area contributed by atoms with Gasteiger partial charge in [-0.25, -0.2) is 15.0 Å². The molecule has 1 aliphatic rings. The Kier molecular flexibility index (Phi) is 6.47. The number of imidazole rings is 1. The third-order valence-electron chi connectivity index (χ3n) is 4.75. The third kappa shape index (κ3) is 4.89. The van der Waals surface area contributed by atoms with Crippen molar-refractivity contribution in [2.75, 3.05) is 24.7 Å². The molecule has 0 radical (unpaired) electrons. The van der Waals surface area contributed by atoms with Gasteiger partial charge in [-0.1, -0.05) is 29.3 Å². The smallest absolute Gasteiger partial charge is 0.245 e. The standard InChI is InChI=1S/C20H20Cl2N6O2/c21-15-2-1-14(9-16(15)22)10-25-20(29)17-12-30-8-7-28(17)19-3-4-24-18(26-19)11-27-6-5-23-13-27/h1-6,9,13,17H,7-8,10-12H2,(H,25,29). The van der Waals surface area contributed by atoms with Crippen LogP contribution in [0.1, 0.15) is 11.4 Å². The molecule has 10 heteroatoms. The molecular weight excluding hydrogens is 427 g/mol. The molecule has 4 rings (SSSR count). The molecular formula is C20H20Cl2N6O2. The summed E-state index contributed by atoms with van der Waals surface area (Å²) in [4.78, 5) is 27.9. The van der Waals surface area contributed by atoms with Crippen LogP contribution in [0.5, 0.6) is 0 Å². The Bertz CT molecular complexity index is 1010. The molecule has 156 valence electrons. The fraction of sp³-hybridized carbons (Fsp3) is 0.300. The molecule has 1 saturated heterocycles. The molecule has 1 fully saturated rings. The molecule has 0 spiro atoms. The molecule has 0 saturated carbocycles. The molecule has 8 nitrogen and oxygen atoms in total. The van der Waals surface area contributed by atoms with E-state index in [0.717, 1.165) is 5.56 Å². The zero-order valence-electron chi connectivity index (χ0n) is 16.0. The molecule has 2 aromatic heterocycles. The lowest BCUT2D eigenvalue weighted by atomic mass is 10.2. The van der Waals surface area contributed by atoms with Crippen molar-refractivity contribution in [2.24, 2.45) is 0 Å². The highest BCUT2D eigenvalue weighted by atomic mass is 35.5. The predicted octanol–water partition coefficient (Wildman–Crippen LogP) is 2.55. The number of halogens is 2. The number of morpholine rings is 1. The second-order valence-corrected chi connectivity index (χ2v) is 7.63. The molecule has 1 amide bonds. The lowest BCUT2D eigenvalue weighted by Gasteiger charge is -2.35. The highest BCUT2D eigenvalue weighted by molar-refractivity contribution is 6.42. The quantitative estimate of drug-likeness (QED) is 0.625. The van der Waals surface area contributed by atoms with Gasteiger partial charge in [0.1, 0.15) is 17.7 Å². The summed E-state index contributed by atoms with van der Waals surface area (Å²) in [5.74, 6) is 1.20. The predicted molar refractivity (Wildman–Crippen MR) is 114 cm³/mol. The van der Waals surface area contributed by atoms with Crippen molar-refractivity contribution in [3.8, 4) is 0 Å².